The first-order chi connectivity index (χ1) is 6.79. The fourth-order valence-electron chi connectivity index (χ4n) is 1.82. The van der Waals surface area contributed by atoms with E-state index in [2.05, 4.69) is 0 Å². The van der Waals surface area contributed by atoms with E-state index in [4.69, 9.17) is 9.84 Å². The van der Waals surface area contributed by atoms with Crippen molar-refractivity contribution in [2.75, 3.05) is 6.61 Å². The first-order valence-corrected chi connectivity index (χ1v) is 5.09. The number of hydrogen-bond donors (Lipinski definition) is 4. The van der Waals surface area contributed by atoms with Crippen LogP contribution in [0.1, 0.15) is 20.8 Å². The van der Waals surface area contributed by atoms with Gasteiger partial charge >= 0.3 is 0 Å². The van der Waals surface area contributed by atoms with Crippen molar-refractivity contribution >= 4 is 0 Å². The Bertz CT molecular complexity index is 210. The van der Waals surface area contributed by atoms with Crippen LogP contribution in [0.5, 0.6) is 0 Å². The van der Waals surface area contributed by atoms with Crippen LogP contribution in [-0.2, 0) is 4.74 Å². The SMILES string of the molecule is CC(C)(C)C1OC(CO)[C@@H](O)C(O)C1O. The minimum atomic E-state index is -1.28. The maximum absolute atomic E-state index is 9.74. The van der Waals surface area contributed by atoms with Gasteiger partial charge in [0.05, 0.1) is 12.7 Å². The fourth-order valence-corrected chi connectivity index (χ4v) is 1.82. The molecule has 0 spiro atoms. The third kappa shape index (κ3) is 2.49. The Hall–Kier alpha value is -0.200. The summed E-state index contributed by atoms with van der Waals surface area (Å²) in [6.07, 6.45) is -5.10. The van der Waals surface area contributed by atoms with Crippen LogP contribution in [0.2, 0.25) is 0 Å². The highest BCUT2D eigenvalue weighted by atomic mass is 16.5. The number of rotatable bonds is 1. The topological polar surface area (TPSA) is 90.2 Å². The molecule has 4 N–H and O–H groups in total. The molecule has 0 aromatic carbocycles. The first kappa shape index (κ1) is 12.9. The molecule has 5 heteroatoms. The summed E-state index contributed by atoms with van der Waals surface area (Å²) in [5, 5.41) is 37.8. The normalized spacial score (nSPS) is 43.0. The Kier molecular flexibility index (Phi) is 3.73. The third-order valence-corrected chi connectivity index (χ3v) is 2.75. The second kappa shape index (κ2) is 4.35. The first-order valence-electron chi connectivity index (χ1n) is 5.09. The summed E-state index contributed by atoms with van der Waals surface area (Å²) in [5.41, 5.74) is -0.367. The molecule has 4 unspecified atom stereocenters. The van der Waals surface area contributed by atoms with E-state index in [9.17, 15) is 15.3 Å². The summed E-state index contributed by atoms with van der Waals surface area (Å²) in [6.45, 7) is 5.21. The summed E-state index contributed by atoms with van der Waals surface area (Å²) in [5.74, 6) is 0. The Morgan fingerprint density at radius 3 is 1.93 bits per heavy atom. The summed E-state index contributed by atoms with van der Waals surface area (Å²) >= 11 is 0. The van der Waals surface area contributed by atoms with Gasteiger partial charge in [-0.25, -0.2) is 0 Å². The zero-order valence-corrected chi connectivity index (χ0v) is 9.29. The molecule has 1 rings (SSSR count). The highest BCUT2D eigenvalue weighted by Crippen LogP contribution is 2.32. The van der Waals surface area contributed by atoms with Crippen molar-refractivity contribution in [3.63, 3.8) is 0 Å². The van der Waals surface area contributed by atoms with Crippen LogP contribution < -0.4 is 0 Å². The fraction of sp³-hybridized carbons (Fsp3) is 1.00. The van der Waals surface area contributed by atoms with Crippen molar-refractivity contribution in [1.29, 1.82) is 0 Å². The summed E-state index contributed by atoms with van der Waals surface area (Å²) < 4.78 is 5.38. The molecule has 0 bridgehead atoms. The quantitative estimate of drug-likeness (QED) is 0.449. The molecule has 0 aromatic rings. The van der Waals surface area contributed by atoms with Crippen LogP contribution in [-0.4, -0.2) is 57.6 Å². The minimum absolute atomic E-state index is 0.367. The predicted molar refractivity (Wildman–Crippen MR) is 53.2 cm³/mol. The molecule has 15 heavy (non-hydrogen) atoms. The molecule has 0 aliphatic carbocycles. The van der Waals surface area contributed by atoms with E-state index in [1.54, 1.807) is 0 Å². The molecular formula is C10H20O5. The molecule has 5 atom stereocenters. The largest absolute Gasteiger partial charge is 0.394 e. The third-order valence-electron chi connectivity index (χ3n) is 2.75. The van der Waals surface area contributed by atoms with Crippen molar-refractivity contribution in [3.05, 3.63) is 0 Å². The molecule has 90 valence electrons. The average Bonchev–Trinajstić information content (AvgIpc) is 2.13. The van der Waals surface area contributed by atoms with Crippen molar-refractivity contribution < 1.29 is 25.2 Å². The molecule has 5 nitrogen and oxygen atoms in total. The van der Waals surface area contributed by atoms with Crippen LogP contribution in [0.3, 0.4) is 0 Å². The van der Waals surface area contributed by atoms with E-state index >= 15 is 0 Å². The van der Waals surface area contributed by atoms with Crippen LogP contribution in [0.4, 0.5) is 0 Å². The van der Waals surface area contributed by atoms with Crippen LogP contribution >= 0.6 is 0 Å². The monoisotopic (exact) mass is 220 g/mol. The lowest BCUT2D eigenvalue weighted by Crippen LogP contribution is -2.61. The number of hydrogen-bond acceptors (Lipinski definition) is 5. The highest BCUT2D eigenvalue weighted by molar-refractivity contribution is 4.96. The molecule has 0 aromatic heterocycles. The highest BCUT2D eigenvalue weighted by Gasteiger charge is 2.47. The van der Waals surface area contributed by atoms with Crippen molar-refractivity contribution in [2.45, 2.75) is 51.3 Å². The molecule has 1 heterocycles. The zero-order chi connectivity index (χ0) is 11.8. The molecule has 0 radical (unpaired) electrons. The van der Waals surface area contributed by atoms with E-state index in [1.807, 2.05) is 20.8 Å². The second-order valence-electron chi connectivity index (χ2n) is 5.12. The van der Waals surface area contributed by atoms with Crippen molar-refractivity contribution in [3.8, 4) is 0 Å². The predicted octanol–water partition coefficient (Wildman–Crippen LogP) is -1.13. The van der Waals surface area contributed by atoms with E-state index in [0.29, 0.717) is 0 Å². The van der Waals surface area contributed by atoms with Gasteiger partial charge in [-0.15, -0.1) is 0 Å². The lowest BCUT2D eigenvalue weighted by Gasteiger charge is -2.45. The van der Waals surface area contributed by atoms with E-state index < -0.39 is 30.5 Å². The van der Waals surface area contributed by atoms with E-state index in [1.165, 1.54) is 0 Å². The van der Waals surface area contributed by atoms with Crippen LogP contribution in [0.25, 0.3) is 0 Å². The Labute approximate surface area is 89.3 Å². The molecular weight excluding hydrogens is 200 g/mol. The Morgan fingerprint density at radius 2 is 1.53 bits per heavy atom. The number of aliphatic hydroxyl groups excluding tert-OH is 4. The van der Waals surface area contributed by atoms with Gasteiger partial charge in [-0.2, -0.15) is 0 Å². The maximum atomic E-state index is 9.74. The molecule has 1 saturated heterocycles. The van der Waals surface area contributed by atoms with E-state index in [-0.39, 0.29) is 12.0 Å². The van der Waals surface area contributed by atoms with E-state index in [0.717, 1.165) is 0 Å². The Balaban J connectivity index is 2.83. The maximum Gasteiger partial charge on any atom is 0.111 e. The van der Waals surface area contributed by atoms with Gasteiger partial charge in [0, 0.05) is 0 Å². The summed E-state index contributed by atoms with van der Waals surface area (Å²) in [6, 6.07) is 0. The standard InChI is InChI=1S/C10H20O5/c1-10(2,3)9-8(14)7(13)6(12)5(4-11)15-9/h5-9,11-14H,4H2,1-3H3/t5?,6-,7?,8?,9?/m1/s1. The van der Waals surface area contributed by atoms with Gasteiger partial charge in [-0.1, -0.05) is 20.8 Å². The Morgan fingerprint density at radius 1 is 1.00 bits per heavy atom. The lowest BCUT2D eigenvalue weighted by molar-refractivity contribution is -0.250. The van der Waals surface area contributed by atoms with Crippen molar-refractivity contribution in [1.82, 2.24) is 0 Å². The minimum Gasteiger partial charge on any atom is -0.394 e. The lowest BCUT2D eigenvalue weighted by atomic mass is 9.80. The van der Waals surface area contributed by atoms with Crippen LogP contribution in [0.15, 0.2) is 0 Å². The zero-order valence-electron chi connectivity index (χ0n) is 9.29. The molecule has 0 amide bonds. The smallest absolute Gasteiger partial charge is 0.111 e. The molecule has 0 saturated carbocycles. The van der Waals surface area contributed by atoms with Gasteiger partial charge in [0.15, 0.2) is 0 Å². The van der Waals surface area contributed by atoms with Gasteiger partial charge < -0.3 is 25.2 Å². The van der Waals surface area contributed by atoms with Gasteiger partial charge in [0.2, 0.25) is 0 Å². The molecule has 1 fully saturated rings. The summed E-state index contributed by atoms with van der Waals surface area (Å²) in [7, 11) is 0. The molecule has 1 aliphatic rings. The average molecular weight is 220 g/mol. The number of aliphatic hydroxyl groups is 4. The second-order valence-corrected chi connectivity index (χ2v) is 5.12. The summed E-state index contributed by atoms with van der Waals surface area (Å²) in [4.78, 5) is 0. The molecule has 1 aliphatic heterocycles. The van der Waals surface area contributed by atoms with Gasteiger partial charge in [-0.3, -0.25) is 0 Å². The van der Waals surface area contributed by atoms with Gasteiger partial charge in [-0.05, 0) is 5.41 Å². The van der Waals surface area contributed by atoms with Gasteiger partial charge in [0.25, 0.3) is 0 Å². The van der Waals surface area contributed by atoms with Crippen molar-refractivity contribution in [2.24, 2.45) is 5.41 Å². The number of ether oxygens (including phenoxy) is 1. The van der Waals surface area contributed by atoms with Crippen LogP contribution in [0, 0.1) is 5.41 Å². The van der Waals surface area contributed by atoms with Gasteiger partial charge in [0.1, 0.15) is 24.4 Å².